The summed E-state index contributed by atoms with van der Waals surface area (Å²) in [6, 6.07) is 12.0. The van der Waals surface area contributed by atoms with Crippen molar-refractivity contribution in [2.45, 2.75) is 33.3 Å². The number of imide groups is 1. The molecule has 1 aliphatic heterocycles. The second-order valence-electron chi connectivity index (χ2n) is 7.30. The van der Waals surface area contributed by atoms with E-state index in [1.54, 1.807) is 48.5 Å². The fraction of sp³-hybridized carbons (Fsp3) is 0.292. The van der Waals surface area contributed by atoms with Gasteiger partial charge in [0, 0.05) is 10.7 Å². The van der Waals surface area contributed by atoms with Gasteiger partial charge >= 0.3 is 0 Å². The number of hydrogen-bond donors (Lipinski definition) is 1. The van der Waals surface area contributed by atoms with Crippen molar-refractivity contribution in [3.8, 4) is 11.5 Å². The summed E-state index contributed by atoms with van der Waals surface area (Å²) in [4.78, 5) is 38.7. The van der Waals surface area contributed by atoms with Crippen molar-refractivity contribution in [3.63, 3.8) is 0 Å². The topological polar surface area (TPSA) is 84.9 Å². The highest BCUT2D eigenvalue weighted by molar-refractivity contribution is 8.18. The van der Waals surface area contributed by atoms with Crippen LogP contribution in [0, 0.1) is 0 Å². The lowest BCUT2D eigenvalue weighted by Crippen LogP contribution is -2.36. The minimum absolute atomic E-state index is 0.0320. The van der Waals surface area contributed by atoms with Crippen LogP contribution in [0.5, 0.6) is 11.5 Å². The summed E-state index contributed by atoms with van der Waals surface area (Å²) in [6.45, 7) is 5.95. The minimum Gasteiger partial charge on any atom is -0.490 e. The maximum Gasteiger partial charge on any atom is 0.294 e. The molecule has 0 saturated carbocycles. The minimum atomic E-state index is -0.524. The molecule has 2 aromatic carbocycles. The van der Waals surface area contributed by atoms with Crippen LogP contribution in [0.25, 0.3) is 6.08 Å². The summed E-state index contributed by atoms with van der Waals surface area (Å²) in [7, 11) is 0. The maximum absolute atomic E-state index is 12.8. The highest BCUT2D eigenvalue weighted by Gasteiger charge is 2.36. The van der Waals surface area contributed by atoms with E-state index >= 15 is 0 Å². The lowest BCUT2D eigenvalue weighted by atomic mass is 10.1. The van der Waals surface area contributed by atoms with Gasteiger partial charge in [-0.1, -0.05) is 30.7 Å². The van der Waals surface area contributed by atoms with Gasteiger partial charge in [-0.3, -0.25) is 19.3 Å². The van der Waals surface area contributed by atoms with Crippen molar-refractivity contribution in [2.24, 2.45) is 0 Å². The van der Waals surface area contributed by atoms with Crippen LogP contribution in [0.2, 0.25) is 5.02 Å². The van der Waals surface area contributed by atoms with Crippen molar-refractivity contribution in [3.05, 3.63) is 58.0 Å². The molecule has 1 aliphatic rings. The Hall–Kier alpha value is -2.97. The number of benzene rings is 2. The summed E-state index contributed by atoms with van der Waals surface area (Å²) >= 11 is 6.71. The van der Waals surface area contributed by atoms with Gasteiger partial charge in [0.1, 0.15) is 6.54 Å². The van der Waals surface area contributed by atoms with E-state index in [1.807, 2.05) is 20.8 Å². The second-order valence-corrected chi connectivity index (χ2v) is 8.73. The van der Waals surface area contributed by atoms with Crippen molar-refractivity contribution < 1.29 is 23.9 Å². The summed E-state index contributed by atoms with van der Waals surface area (Å²) in [6.07, 6.45) is 2.49. The molecule has 1 heterocycles. The highest BCUT2D eigenvalue weighted by atomic mass is 35.5. The summed E-state index contributed by atoms with van der Waals surface area (Å²) in [5.41, 5.74) is 1.17. The molecular formula is C24H25ClN2O5S. The van der Waals surface area contributed by atoms with Crippen LogP contribution < -0.4 is 14.8 Å². The molecule has 3 rings (SSSR count). The van der Waals surface area contributed by atoms with E-state index in [9.17, 15) is 14.4 Å². The molecule has 1 fully saturated rings. The number of halogens is 1. The Bertz CT molecular complexity index is 1090. The van der Waals surface area contributed by atoms with Gasteiger partial charge < -0.3 is 14.8 Å². The maximum atomic E-state index is 12.8. The monoisotopic (exact) mass is 488 g/mol. The summed E-state index contributed by atoms with van der Waals surface area (Å²) in [5.74, 6) is 0.163. The van der Waals surface area contributed by atoms with Crippen molar-refractivity contribution in [2.75, 3.05) is 18.5 Å². The zero-order valence-corrected chi connectivity index (χ0v) is 20.2. The number of ether oxygens (including phenoxy) is 2. The number of amides is 3. The number of nitrogens with one attached hydrogen (secondary N) is 1. The molecule has 0 unspecified atom stereocenters. The largest absolute Gasteiger partial charge is 0.490 e. The first-order valence-electron chi connectivity index (χ1n) is 10.5. The standard InChI is InChI=1S/C24H25ClN2O5S/c1-4-15(3)32-19-10-9-16(11-20(19)31-5-2)12-21-23(29)27(24(30)33-21)14-22(28)26-18-8-6-7-17(25)13-18/h6-13,15H,4-5,14H2,1-3H3,(H,26,28)/b21-12+/t15-/m1/s1. The van der Waals surface area contributed by atoms with E-state index in [1.165, 1.54) is 0 Å². The third-order valence-corrected chi connectivity index (χ3v) is 5.89. The third kappa shape index (κ3) is 6.52. The number of rotatable bonds is 9. The zero-order valence-electron chi connectivity index (χ0n) is 18.6. The first-order chi connectivity index (χ1) is 15.8. The van der Waals surface area contributed by atoms with Crippen molar-refractivity contribution >= 4 is 52.2 Å². The van der Waals surface area contributed by atoms with Gasteiger partial charge in [0.15, 0.2) is 11.5 Å². The van der Waals surface area contributed by atoms with Gasteiger partial charge in [0.2, 0.25) is 5.91 Å². The van der Waals surface area contributed by atoms with E-state index in [4.69, 9.17) is 21.1 Å². The van der Waals surface area contributed by atoms with Crippen LogP contribution in [0.4, 0.5) is 10.5 Å². The van der Waals surface area contributed by atoms with Gasteiger partial charge in [-0.2, -0.15) is 0 Å². The molecule has 0 radical (unpaired) electrons. The third-order valence-electron chi connectivity index (χ3n) is 4.75. The summed E-state index contributed by atoms with van der Waals surface area (Å²) in [5, 5.41) is 2.60. The number of carbonyl (C=O) groups excluding carboxylic acids is 3. The quantitative estimate of drug-likeness (QED) is 0.463. The van der Waals surface area contributed by atoms with E-state index in [0.29, 0.717) is 34.4 Å². The molecule has 7 nitrogen and oxygen atoms in total. The Balaban J connectivity index is 1.73. The van der Waals surface area contributed by atoms with E-state index < -0.39 is 17.1 Å². The van der Waals surface area contributed by atoms with Crippen LogP contribution in [-0.2, 0) is 9.59 Å². The molecule has 2 aromatic rings. The average molecular weight is 489 g/mol. The Morgan fingerprint density at radius 3 is 2.67 bits per heavy atom. The molecule has 1 atom stereocenters. The smallest absolute Gasteiger partial charge is 0.294 e. The fourth-order valence-electron chi connectivity index (χ4n) is 2.98. The first kappa shape index (κ1) is 24.7. The fourth-order valence-corrected chi connectivity index (χ4v) is 4.01. The van der Waals surface area contributed by atoms with Crippen LogP contribution in [-0.4, -0.2) is 41.2 Å². The van der Waals surface area contributed by atoms with Crippen molar-refractivity contribution in [1.82, 2.24) is 4.90 Å². The molecule has 1 N–H and O–H groups in total. The molecule has 9 heteroatoms. The van der Waals surface area contributed by atoms with Gasteiger partial charge in [-0.05, 0) is 74.0 Å². The molecule has 0 aromatic heterocycles. The highest BCUT2D eigenvalue weighted by Crippen LogP contribution is 2.35. The average Bonchev–Trinajstić information content (AvgIpc) is 3.02. The number of hydrogen-bond acceptors (Lipinski definition) is 6. The molecule has 0 aliphatic carbocycles. The lowest BCUT2D eigenvalue weighted by molar-refractivity contribution is -0.127. The number of thioether (sulfide) groups is 1. The molecule has 174 valence electrons. The summed E-state index contributed by atoms with van der Waals surface area (Å²) < 4.78 is 11.6. The first-order valence-corrected chi connectivity index (χ1v) is 11.7. The van der Waals surface area contributed by atoms with Crippen LogP contribution in [0.15, 0.2) is 47.4 Å². The van der Waals surface area contributed by atoms with Crippen LogP contribution in [0.3, 0.4) is 0 Å². The molecule has 0 spiro atoms. The molecule has 3 amide bonds. The number of anilines is 1. The normalized spacial score (nSPS) is 15.6. The Morgan fingerprint density at radius 2 is 1.97 bits per heavy atom. The van der Waals surface area contributed by atoms with E-state index in [-0.39, 0.29) is 17.6 Å². The number of nitrogens with zero attached hydrogens (tertiary/aromatic N) is 1. The van der Waals surface area contributed by atoms with Gasteiger partial charge in [0.25, 0.3) is 11.1 Å². The predicted octanol–water partition coefficient (Wildman–Crippen LogP) is 5.59. The zero-order chi connectivity index (χ0) is 24.0. The Kier molecular flexibility index (Phi) is 8.41. The van der Waals surface area contributed by atoms with Crippen LogP contribution in [0.1, 0.15) is 32.8 Å². The molecule has 1 saturated heterocycles. The number of carbonyl (C=O) groups is 3. The van der Waals surface area contributed by atoms with Gasteiger partial charge in [0.05, 0.1) is 17.6 Å². The lowest BCUT2D eigenvalue weighted by Gasteiger charge is -2.16. The molecule has 0 bridgehead atoms. The Labute approximate surface area is 202 Å². The molecule has 33 heavy (non-hydrogen) atoms. The van der Waals surface area contributed by atoms with Gasteiger partial charge in [-0.15, -0.1) is 0 Å². The second kappa shape index (κ2) is 11.2. The predicted molar refractivity (Wildman–Crippen MR) is 131 cm³/mol. The van der Waals surface area contributed by atoms with Gasteiger partial charge in [-0.25, -0.2) is 0 Å². The Morgan fingerprint density at radius 1 is 1.18 bits per heavy atom. The van der Waals surface area contributed by atoms with Crippen LogP contribution >= 0.6 is 23.4 Å². The molecular weight excluding hydrogens is 464 g/mol. The van der Waals surface area contributed by atoms with E-state index in [0.717, 1.165) is 23.1 Å². The SMILES string of the molecule is CCOc1cc(/C=C2/SC(=O)N(CC(=O)Nc3cccc(Cl)c3)C2=O)ccc1O[C@H](C)CC. The van der Waals surface area contributed by atoms with E-state index in [2.05, 4.69) is 5.32 Å². The van der Waals surface area contributed by atoms with Crippen molar-refractivity contribution in [1.29, 1.82) is 0 Å².